The number of ketones is 1. The zero-order chi connectivity index (χ0) is 10.7. The maximum absolute atomic E-state index is 10.8. The fourth-order valence-electron chi connectivity index (χ4n) is 1.57. The van der Waals surface area contributed by atoms with Crippen molar-refractivity contribution < 1.29 is 4.79 Å². The molecule has 78 valence electrons. The van der Waals surface area contributed by atoms with Crippen molar-refractivity contribution in [2.24, 2.45) is 0 Å². The summed E-state index contributed by atoms with van der Waals surface area (Å²) in [6.07, 6.45) is 4.95. The molecule has 0 aromatic carbocycles. The number of pyridine rings is 1. The molecule has 2 aromatic heterocycles. The molecule has 4 heteroatoms. The third kappa shape index (κ3) is 2.21. The van der Waals surface area contributed by atoms with Crippen LogP contribution in [0.3, 0.4) is 0 Å². The largest absolute Gasteiger partial charge is 0.300 e. The molecule has 0 fully saturated rings. The van der Waals surface area contributed by atoms with Crippen molar-refractivity contribution in [3.8, 4) is 0 Å². The molecule has 2 rings (SSSR count). The molecular formula is C11H13N3O. The quantitative estimate of drug-likeness (QED) is 0.761. The van der Waals surface area contributed by atoms with Gasteiger partial charge in [0.15, 0.2) is 0 Å². The standard InChI is InChI=1S/C11H13N3O/c1-9(15)4-3-7-14-11-5-2-6-12-10(11)8-13-14/h2,5-6,8H,3-4,7H2,1H3. The number of carbonyl (C=O) groups excluding carboxylic acids is 1. The van der Waals surface area contributed by atoms with Crippen LogP contribution in [-0.2, 0) is 11.3 Å². The van der Waals surface area contributed by atoms with Crippen molar-refractivity contribution in [1.29, 1.82) is 0 Å². The first kappa shape index (κ1) is 9.83. The minimum absolute atomic E-state index is 0.226. The minimum atomic E-state index is 0.226. The number of Topliss-reactive ketones (excluding diaryl/α,β-unsaturated/α-hetero) is 1. The molecular weight excluding hydrogens is 190 g/mol. The van der Waals surface area contributed by atoms with Crippen molar-refractivity contribution in [2.45, 2.75) is 26.3 Å². The van der Waals surface area contributed by atoms with E-state index in [4.69, 9.17) is 0 Å². The highest BCUT2D eigenvalue weighted by Gasteiger charge is 2.02. The molecule has 2 aromatic rings. The predicted octanol–water partition coefficient (Wildman–Crippen LogP) is 1.80. The molecule has 0 aliphatic rings. The molecule has 0 aliphatic heterocycles. The lowest BCUT2D eigenvalue weighted by atomic mass is 10.2. The molecule has 4 nitrogen and oxygen atoms in total. The van der Waals surface area contributed by atoms with Gasteiger partial charge in [-0.1, -0.05) is 0 Å². The van der Waals surface area contributed by atoms with E-state index >= 15 is 0 Å². The van der Waals surface area contributed by atoms with E-state index < -0.39 is 0 Å². The summed E-state index contributed by atoms with van der Waals surface area (Å²) >= 11 is 0. The summed E-state index contributed by atoms with van der Waals surface area (Å²) in [5, 5.41) is 4.24. The van der Waals surface area contributed by atoms with Crippen molar-refractivity contribution in [3.05, 3.63) is 24.5 Å². The van der Waals surface area contributed by atoms with Gasteiger partial charge < -0.3 is 4.79 Å². The molecule has 0 bridgehead atoms. The summed E-state index contributed by atoms with van der Waals surface area (Å²) in [5.41, 5.74) is 1.93. The first-order valence-corrected chi connectivity index (χ1v) is 5.03. The third-order valence-electron chi connectivity index (χ3n) is 2.31. The van der Waals surface area contributed by atoms with Crippen LogP contribution < -0.4 is 0 Å². The lowest BCUT2D eigenvalue weighted by Crippen LogP contribution is -2.01. The Balaban J connectivity index is 2.11. The van der Waals surface area contributed by atoms with Gasteiger partial charge in [0.1, 0.15) is 11.3 Å². The topological polar surface area (TPSA) is 47.8 Å². The van der Waals surface area contributed by atoms with Crippen LogP contribution in [-0.4, -0.2) is 20.5 Å². The second-order valence-corrected chi connectivity index (χ2v) is 3.58. The second kappa shape index (κ2) is 4.21. The number of fused-ring (bicyclic) bond motifs is 1. The fraction of sp³-hybridized carbons (Fsp3) is 0.364. The highest BCUT2D eigenvalue weighted by Crippen LogP contribution is 2.10. The van der Waals surface area contributed by atoms with Crippen LogP contribution in [0, 0.1) is 0 Å². The van der Waals surface area contributed by atoms with Crippen molar-refractivity contribution in [2.75, 3.05) is 0 Å². The van der Waals surface area contributed by atoms with E-state index in [-0.39, 0.29) is 5.78 Å². The number of rotatable bonds is 4. The summed E-state index contributed by atoms with van der Waals surface area (Å²) in [4.78, 5) is 15.0. The van der Waals surface area contributed by atoms with Gasteiger partial charge in [0.25, 0.3) is 0 Å². The van der Waals surface area contributed by atoms with Gasteiger partial charge in [-0.3, -0.25) is 9.67 Å². The summed E-state index contributed by atoms with van der Waals surface area (Å²) in [7, 11) is 0. The third-order valence-corrected chi connectivity index (χ3v) is 2.31. The summed E-state index contributed by atoms with van der Waals surface area (Å²) < 4.78 is 1.89. The van der Waals surface area contributed by atoms with Gasteiger partial charge in [-0.2, -0.15) is 5.10 Å². The molecule has 0 amide bonds. The lowest BCUT2D eigenvalue weighted by molar-refractivity contribution is -0.117. The minimum Gasteiger partial charge on any atom is -0.300 e. The summed E-state index contributed by atoms with van der Waals surface area (Å²) in [6.45, 7) is 2.39. The molecule has 0 spiro atoms. The Morgan fingerprint density at radius 2 is 2.40 bits per heavy atom. The fourth-order valence-corrected chi connectivity index (χ4v) is 1.57. The molecule has 0 saturated heterocycles. The average molecular weight is 203 g/mol. The highest BCUT2D eigenvalue weighted by atomic mass is 16.1. The zero-order valence-corrected chi connectivity index (χ0v) is 8.68. The van der Waals surface area contributed by atoms with Crippen LogP contribution in [0.25, 0.3) is 11.0 Å². The van der Waals surface area contributed by atoms with Gasteiger partial charge in [-0.05, 0) is 25.5 Å². The molecule has 0 N–H and O–H groups in total. The second-order valence-electron chi connectivity index (χ2n) is 3.58. The lowest BCUT2D eigenvalue weighted by Gasteiger charge is -2.01. The zero-order valence-electron chi connectivity index (χ0n) is 8.68. The number of carbonyl (C=O) groups is 1. The molecule has 2 heterocycles. The van der Waals surface area contributed by atoms with E-state index in [9.17, 15) is 4.79 Å². The van der Waals surface area contributed by atoms with Crippen LogP contribution in [0.4, 0.5) is 0 Å². The van der Waals surface area contributed by atoms with Crippen LogP contribution in [0.1, 0.15) is 19.8 Å². The van der Waals surface area contributed by atoms with Crippen LogP contribution in [0.15, 0.2) is 24.5 Å². The van der Waals surface area contributed by atoms with Crippen molar-refractivity contribution in [3.63, 3.8) is 0 Å². The Kier molecular flexibility index (Phi) is 2.76. The van der Waals surface area contributed by atoms with E-state index in [0.717, 1.165) is 24.0 Å². The first-order valence-electron chi connectivity index (χ1n) is 5.03. The van der Waals surface area contributed by atoms with E-state index in [0.29, 0.717) is 6.42 Å². The molecule has 0 saturated carbocycles. The molecule has 0 atom stereocenters. The Morgan fingerprint density at radius 3 is 3.20 bits per heavy atom. The molecule has 0 radical (unpaired) electrons. The Hall–Kier alpha value is -1.71. The van der Waals surface area contributed by atoms with Crippen LogP contribution in [0.2, 0.25) is 0 Å². The van der Waals surface area contributed by atoms with Gasteiger partial charge in [-0.25, -0.2) is 0 Å². The summed E-state index contributed by atoms with van der Waals surface area (Å²) in [5.74, 6) is 0.226. The number of hydrogen-bond donors (Lipinski definition) is 0. The smallest absolute Gasteiger partial charge is 0.129 e. The monoisotopic (exact) mass is 203 g/mol. The Labute approximate surface area is 87.9 Å². The Morgan fingerprint density at radius 1 is 1.53 bits per heavy atom. The number of aromatic nitrogens is 3. The normalized spacial score (nSPS) is 10.7. The Bertz CT molecular complexity index is 475. The van der Waals surface area contributed by atoms with E-state index in [2.05, 4.69) is 10.1 Å². The van der Waals surface area contributed by atoms with Gasteiger partial charge in [0.05, 0.1) is 11.7 Å². The van der Waals surface area contributed by atoms with Crippen LogP contribution >= 0.6 is 0 Å². The van der Waals surface area contributed by atoms with Crippen molar-refractivity contribution >= 4 is 16.8 Å². The number of aryl methyl sites for hydroxylation is 1. The molecule has 0 aliphatic carbocycles. The van der Waals surface area contributed by atoms with Crippen molar-refractivity contribution in [1.82, 2.24) is 14.8 Å². The SMILES string of the molecule is CC(=O)CCCn1ncc2ncccc21. The van der Waals surface area contributed by atoms with Gasteiger partial charge in [0, 0.05) is 19.2 Å². The first-order chi connectivity index (χ1) is 7.27. The number of nitrogens with zero attached hydrogens (tertiary/aromatic N) is 3. The molecule has 0 unspecified atom stereocenters. The highest BCUT2D eigenvalue weighted by molar-refractivity contribution is 5.75. The summed E-state index contributed by atoms with van der Waals surface area (Å²) in [6, 6.07) is 3.88. The van der Waals surface area contributed by atoms with E-state index in [1.54, 1.807) is 19.3 Å². The van der Waals surface area contributed by atoms with Crippen LogP contribution in [0.5, 0.6) is 0 Å². The maximum Gasteiger partial charge on any atom is 0.129 e. The number of hydrogen-bond acceptors (Lipinski definition) is 3. The average Bonchev–Trinajstić information content (AvgIpc) is 2.62. The van der Waals surface area contributed by atoms with E-state index in [1.807, 2.05) is 16.8 Å². The maximum atomic E-state index is 10.8. The van der Waals surface area contributed by atoms with Gasteiger partial charge in [0.2, 0.25) is 0 Å². The van der Waals surface area contributed by atoms with E-state index in [1.165, 1.54) is 0 Å². The van der Waals surface area contributed by atoms with Gasteiger partial charge in [-0.15, -0.1) is 0 Å². The predicted molar refractivity (Wildman–Crippen MR) is 57.4 cm³/mol. The van der Waals surface area contributed by atoms with Gasteiger partial charge >= 0.3 is 0 Å². The molecule has 15 heavy (non-hydrogen) atoms.